The van der Waals surface area contributed by atoms with E-state index >= 15 is 0 Å². The molecule has 0 saturated carbocycles. The number of carboxylic acid groups (broad SMARTS) is 1. The first-order valence-corrected chi connectivity index (χ1v) is 5.14. The summed E-state index contributed by atoms with van der Waals surface area (Å²) < 4.78 is 0. The van der Waals surface area contributed by atoms with Gasteiger partial charge in [-0.1, -0.05) is 0 Å². The smallest absolute Gasteiger partial charge is 0.328 e. The van der Waals surface area contributed by atoms with E-state index in [0.29, 0.717) is 0 Å². The predicted octanol–water partition coefficient (Wildman–Crippen LogP) is -3.63. The van der Waals surface area contributed by atoms with Gasteiger partial charge in [-0.15, -0.1) is 0 Å². The number of rotatable bonds is 7. The molecule has 104 valence electrons. The number of hydrogen-bond acceptors (Lipinski definition) is 6. The number of carbonyl (C=O) groups excluding carboxylic acids is 2. The molecule has 3 atom stereocenters. The second-order valence-electron chi connectivity index (χ2n) is 3.63. The molecule has 0 saturated heterocycles. The van der Waals surface area contributed by atoms with Crippen LogP contribution in [0.5, 0.6) is 0 Å². The Labute approximate surface area is 103 Å². The van der Waals surface area contributed by atoms with Gasteiger partial charge in [0.15, 0.2) is 0 Å². The van der Waals surface area contributed by atoms with Crippen LogP contribution in [-0.2, 0) is 14.4 Å². The average Bonchev–Trinajstić information content (AvgIpc) is 2.31. The molecule has 2 amide bonds. The summed E-state index contributed by atoms with van der Waals surface area (Å²) in [7, 11) is 0. The first-order valence-electron chi connectivity index (χ1n) is 5.14. The highest BCUT2D eigenvalue weighted by Crippen LogP contribution is 1.88. The van der Waals surface area contributed by atoms with Crippen LogP contribution in [0.25, 0.3) is 0 Å². The van der Waals surface area contributed by atoms with E-state index in [2.05, 4.69) is 5.32 Å². The molecule has 0 radical (unpaired) electrons. The topological polar surface area (TPSA) is 162 Å². The van der Waals surface area contributed by atoms with E-state index in [1.807, 2.05) is 5.32 Å². The zero-order valence-corrected chi connectivity index (χ0v) is 9.79. The number of carbonyl (C=O) groups is 3. The lowest BCUT2D eigenvalue weighted by molar-refractivity contribution is -0.142. The molecule has 0 aliphatic carbocycles. The van der Waals surface area contributed by atoms with Crippen LogP contribution in [0.3, 0.4) is 0 Å². The molecule has 18 heavy (non-hydrogen) atoms. The predicted molar refractivity (Wildman–Crippen MR) is 59.3 cm³/mol. The molecule has 0 fully saturated rings. The largest absolute Gasteiger partial charge is 0.480 e. The van der Waals surface area contributed by atoms with Crippen molar-refractivity contribution in [1.82, 2.24) is 10.6 Å². The standard InChI is InChI=1S/C9H17N3O6/c1-4(14)7(10)8(16)11-2-6(15)12-5(3-13)9(17)18/h4-5,7,13-14H,2-3,10H2,1H3,(H,11,16)(H,12,15)(H,17,18)/t4?,5-,7?/m0/s1. The summed E-state index contributed by atoms with van der Waals surface area (Å²) in [4.78, 5) is 32.9. The van der Waals surface area contributed by atoms with E-state index in [9.17, 15) is 14.4 Å². The lowest BCUT2D eigenvalue weighted by Gasteiger charge is -2.15. The molecule has 0 spiro atoms. The van der Waals surface area contributed by atoms with Gasteiger partial charge in [0.25, 0.3) is 0 Å². The van der Waals surface area contributed by atoms with E-state index in [1.165, 1.54) is 6.92 Å². The Morgan fingerprint density at radius 3 is 2.28 bits per heavy atom. The minimum Gasteiger partial charge on any atom is -0.480 e. The normalized spacial score (nSPS) is 15.3. The zero-order chi connectivity index (χ0) is 14.3. The number of aliphatic carboxylic acids is 1. The second kappa shape index (κ2) is 7.58. The number of aliphatic hydroxyl groups is 2. The Kier molecular flexibility index (Phi) is 6.86. The molecule has 0 aromatic rings. The molecule has 9 nitrogen and oxygen atoms in total. The lowest BCUT2D eigenvalue weighted by Crippen LogP contribution is -2.51. The molecule has 0 bridgehead atoms. The number of amides is 2. The third-order valence-corrected chi connectivity index (χ3v) is 2.06. The van der Waals surface area contributed by atoms with Crippen molar-refractivity contribution in [2.75, 3.05) is 13.2 Å². The van der Waals surface area contributed by atoms with Crippen molar-refractivity contribution in [2.24, 2.45) is 5.73 Å². The van der Waals surface area contributed by atoms with Gasteiger partial charge in [0.05, 0.1) is 19.3 Å². The maximum Gasteiger partial charge on any atom is 0.328 e. The Morgan fingerprint density at radius 2 is 1.89 bits per heavy atom. The van der Waals surface area contributed by atoms with Gasteiger partial charge in [0.2, 0.25) is 11.8 Å². The molecule has 0 rings (SSSR count). The van der Waals surface area contributed by atoms with Crippen molar-refractivity contribution >= 4 is 17.8 Å². The summed E-state index contributed by atoms with van der Waals surface area (Å²) in [6.07, 6.45) is -1.07. The summed E-state index contributed by atoms with van der Waals surface area (Å²) in [5.74, 6) is -2.92. The van der Waals surface area contributed by atoms with Gasteiger partial charge in [-0.25, -0.2) is 4.79 Å². The number of carboxylic acids is 1. The van der Waals surface area contributed by atoms with Crippen LogP contribution in [-0.4, -0.2) is 64.4 Å². The van der Waals surface area contributed by atoms with Crippen LogP contribution in [0.2, 0.25) is 0 Å². The van der Waals surface area contributed by atoms with Gasteiger partial charge in [-0.2, -0.15) is 0 Å². The van der Waals surface area contributed by atoms with Crippen LogP contribution >= 0.6 is 0 Å². The Morgan fingerprint density at radius 1 is 1.33 bits per heavy atom. The van der Waals surface area contributed by atoms with Crippen molar-refractivity contribution < 1.29 is 29.7 Å². The Bertz CT molecular complexity index is 319. The third-order valence-electron chi connectivity index (χ3n) is 2.06. The minimum atomic E-state index is -1.43. The summed E-state index contributed by atoms with van der Waals surface area (Å²) in [6, 6.07) is -2.61. The van der Waals surface area contributed by atoms with Crippen LogP contribution in [0.4, 0.5) is 0 Å². The lowest BCUT2D eigenvalue weighted by atomic mass is 10.2. The molecule has 0 aliphatic rings. The Balaban J connectivity index is 4.11. The molecule has 0 aromatic heterocycles. The van der Waals surface area contributed by atoms with Gasteiger partial charge >= 0.3 is 5.97 Å². The molecule has 0 heterocycles. The van der Waals surface area contributed by atoms with E-state index < -0.39 is 49.1 Å². The highest BCUT2D eigenvalue weighted by atomic mass is 16.4. The zero-order valence-electron chi connectivity index (χ0n) is 9.79. The van der Waals surface area contributed by atoms with Gasteiger partial charge in [0.1, 0.15) is 12.1 Å². The number of aliphatic hydroxyl groups excluding tert-OH is 2. The SMILES string of the molecule is CC(O)C(N)C(=O)NCC(=O)N[C@@H](CO)C(=O)O. The number of nitrogens with two attached hydrogens (primary N) is 1. The molecule has 9 heteroatoms. The molecule has 0 aromatic carbocycles. The van der Waals surface area contributed by atoms with Crippen molar-refractivity contribution in [3.8, 4) is 0 Å². The van der Waals surface area contributed by atoms with Gasteiger partial charge in [-0.05, 0) is 6.92 Å². The number of nitrogens with one attached hydrogen (secondary N) is 2. The van der Waals surface area contributed by atoms with Crippen molar-refractivity contribution in [2.45, 2.75) is 25.1 Å². The fourth-order valence-corrected chi connectivity index (χ4v) is 0.935. The highest BCUT2D eigenvalue weighted by molar-refractivity contribution is 5.89. The van der Waals surface area contributed by atoms with Gasteiger partial charge in [0, 0.05) is 0 Å². The van der Waals surface area contributed by atoms with Crippen LogP contribution in [0, 0.1) is 0 Å². The van der Waals surface area contributed by atoms with Crippen molar-refractivity contribution in [3.05, 3.63) is 0 Å². The van der Waals surface area contributed by atoms with Crippen LogP contribution in [0.15, 0.2) is 0 Å². The summed E-state index contributed by atoms with van der Waals surface area (Å²) >= 11 is 0. The molecule has 2 unspecified atom stereocenters. The first-order chi connectivity index (χ1) is 8.29. The second-order valence-corrected chi connectivity index (χ2v) is 3.63. The molecular weight excluding hydrogens is 246 g/mol. The average molecular weight is 263 g/mol. The third kappa shape index (κ3) is 5.57. The van der Waals surface area contributed by atoms with E-state index in [-0.39, 0.29) is 0 Å². The van der Waals surface area contributed by atoms with Crippen LogP contribution < -0.4 is 16.4 Å². The van der Waals surface area contributed by atoms with E-state index in [0.717, 1.165) is 0 Å². The maximum absolute atomic E-state index is 11.2. The first kappa shape index (κ1) is 16.3. The fourth-order valence-electron chi connectivity index (χ4n) is 0.935. The Hall–Kier alpha value is -1.71. The molecule has 7 N–H and O–H groups in total. The summed E-state index contributed by atoms with van der Waals surface area (Å²) in [5.41, 5.74) is 5.29. The van der Waals surface area contributed by atoms with Crippen molar-refractivity contribution in [3.63, 3.8) is 0 Å². The quantitative estimate of drug-likeness (QED) is 0.276. The van der Waals surface area contributed by atoms with E-state index in [4.69, 9.17) is 21.1 Å². The summed E-state index contributed by atoms with van der Waals surface area (Å²) in [5, 5.41) is 30.3. The fraction of sp³-hybridized carbons (Fsp3) is 0.667. The van der Waals surface area contributed by atoms with Crippen LogP contribution in [0.1, 0.15) is 6.92 Å². The summed E-state index contributed by atoms with van der Waals surface area (Å²) in [6.45, 7) is 0.0573. The number of hydrogen-bond donors (Lipinski definition) is 6. The van der Waals surface area contributed by atoms with Crippen molar-refractivity contribution in [1.29, 1.82) is 0 Å². The maximum atomic E-state index is 11.2. The molecular formula is C9H17N3O6. The van der Waals surface area contributed by atoms with Gasteiger partial charge in [-0.3, -0.25) is 9.59 Å². The van der Waals surface area contributed by atoms with Gasteiger partial charge < -0.3 is 31.7 Å². The minimum absolute atomic E-state index is 0.497. The molecule has 0 aliphatic heterocycles. The van der Waals surface area contributed by atoms with E-state index in [1.54, 1.807) is 0 Å². The monoisotopic (exact) mass is 263 g/mol. The highest BCUT2D eigenvalue weighted by Gasteiger charge is 2.21.